The van der Waals surface area contributed by atoms with Gasteiger partial charge in [-0.05, 0) is 20.8 Å². The lowest BCUT2D eigenvalue weighted by atomic mass is 10.1. The Morgan fingerprint density at radius 1 is 1.41 bits per heavy atom. The van der Waals surface area contributed by atoms with Crippen molar-refractivity contribution in [2.24, 2.45) is 0 Å². The first kappa shape index (κ1) is 13.2. The highest BCUT2D eigenvalue weighted by Gasteiger charge is 2.18. The van der Waals surface area contributed by atoms with Crippen molar-refractivity contribution in [3.63, 3.8) is 0 Å². The molecule has 1 rings (SSSR count). The van der Waals surface area contributed by atoms with Gasteiger partial charge in [-0.3, -0.25) is 9.36 Å². The van der Waals surface area contributed by atoms with Crippen molar-refractivity contribution < 1.29 is 9.59 Å². The van der Waals surface area contributed by atoms with Gasteiger partial charge in [0.25, 0.3) is 0 Å². The molecule has 0 aromatic carbocycles. The van der Waals surface area contributed by atoms with Gasteiger partial charge in [0, 0.05) is 25.0 Å². The number of rotatable bonds is 2. The molecule has 1 heterocycles. The third-order valence-corrected chi connectivity index (χ3v) is 1.95. The van der Waals surface area contributed by atoms with Gasteiger partial charge in [0.15, 0.2) is 0 Å². The highest BCUT2D eigenvalue weighted by Crippen LogP contribution is 1.99. The molecule has 0 aliphatic rings. The molecular formula is C11H18N4O2. The Balaban J connectivity index is 2.52. The first-order valence-corrected chi connectivity index (χ1v) is 5.34. The quantitative estimate of drug-likeness (QED) is 0.824. The Labute approximate surface area is 101 Å². The van der Waals surface area contributed by atoms with Crippen molar-refractivity contribution in [2.45, 2.75) is 26.3 Å². The fraction of sp³-hybridized carbons (Fsp3) is 0.545. The van der Waals surface area contributed by atoms with Gasteiger partial charge in [0.2, 0.25) is 5.91 Å². The summed E-state index contributed by atoms with van der Waals surface area (Å²) in [4.78, 5) is 28.5. The molecule has 2 amide bonds. The number of hydrogen-bond acceptors (Lipinski definition) is 3. The van der Waals surface area contributed by atoms with Gasteiger partial charge in [0.1, 0.15) is 12.9 Å². The summed E-state index contributed by atoms with van der Waals surface area (Å²) in [7, 11) is 1.57. The fourth-order valence-electron chi connectivity index (χ4n) is 1.31. The number of likely N-dealkylation sites (N-methyl/N-ethyl adjacent to an activating group) is 1. The summed E-state index contributed by atoms with van der Waals surface area (Å²) in [6.45, 7) is 5.70. The maximum Gasteiger partial charge on any atom is 0.329 e. The van der Waals surface area contributed by atoms with Crippen LogP contribution in [0.4, 0.5) is 4.79 Å². The zero-order chi connectivity index (χ0) is 13.1. The highest BCUT2D eigenvalue weighted by molar-refractivity contribution is 5.85. The van der Waals surface area contributed by atoms with E-state index in [1.807, 2.05) is 20.8 Å². The minimum Gasteiger partial charge on any atom is -0.350 e. The zero-order valence-corrected chi connectivity index (χ0v) is 10.6. The van der Waals surface area contributed by atoms with Crippen LogP contribution in [0.25, 0.3) is 0 Å². The minimum absolute atomic E-state index is 0.0221. The van der Waals surface area contributed by atoms with Crippen LogP contribution in [-0.4, -0.2) is 45.5 Å². The lowest BCUT2D eigenvalue weighted by Crippen LogP contribution is -2.46. The number of nitrogens with zero attached hydrogens (tertiary/aromatic N) is 3. The monoisotopic (exact) mass is 238 g/mol. The van der Waals surface area contributed by atoms with Crippen LogP contribution in [0, 0.1) is 0 Å². The second-order valence-corrected chi connectivity index (χ2v) is 4.91. The summed E-state index contributed by atoms with van der Waals surface area (Å²) in [5.74, 6) is -0.187. The Hall–Kier alpha value is -1.85. The molecule has 1 N–H and O–H groups in total. The molecule has 1 aromatic heterocycles. The van der Waals surface area contributed by atoms with Crippen molar-refractivity contribution in [1.29, 1.82) is 0 Å². The SMILES string of the molecule is CN(CC(=O)NC(C)(C)C)C(=O)n1ccnc1. The molecular weight excluding hydrogens is 220 g/mol. The van der Waals surface area contributed by atoms with Gasteiger partial charge in [-0.25, -0.2) is 9.78 Å². The van der Waals surface area contributed by atoms with Crippen LogP contribution >= 0.6 is 0 Å². The summed E-state index contributed by atoms with van der Waals surface area (Å²) in [5, 5.41) is 2.79. The molecule has 0 spiro atoms. The number of nitrogens with one attached hydrogen (secondary N) is 1. The molecule has 17 heavy (non-hydrogen) atoms. The van der Waals surface area contributed by atoms with Crippen molar-refractivity contribution in [3.8, 4) is 0 Å². The standard InChI is InChI=1S/C11H18N4O2/c1-11(2,3)13-9(16)7-14(4)10(17)15-6-5-12-8-15/h5-6,8H,7H2,1-4H3,(H,13,16). The van der Waals surface area contributed by atoms with E-state index < -0.39 is 0 Å². The summed E-state index contributed by atoms with van der Waals surface area (Å²) in [5.41, 5.74) is -0.296. The van der Waals surface area contributed by atoms with Gasteiger partial charge in [-0.1, -0.05) is 0 Å². The molecule has 0 saturated heterocycles. The number of amides is 2. The van der Waals surface area contributed by atoms with E-state index in [1.54, 1.807) is 13.2 Å². The summed E-state index contributed by atoms with van der Waals surface area (Å²) in [6.07, 6.45) is 4.46. The second kappa shape index (κ2) is 4.99. The number of carbonyl (C=O) groups is 2. The van der Waals surface area contributed by atoms with Crippen molar-refractivity contribution in [2.75, 3.05) is 13.6 Å². The summed E-state index contributed by atoms with van der Waals surface area (Å²) >= 11 is 0. The summed E-state index contributed by atoms with van der Waals surface area (Å²) in [6, 6.07) is -0.286. The Bertz CT molecular complexity index is 392. The number of imidazole rings is 1. The fourth-order valence-corrected chi connectivity index (χ4v) is 1.31. The molecule has 6 heteroatoms. The molecule has 0 aliphatic carbocycles. The van der Waals surface area contributed by atoms with Crippen LogP contribution in [0.3, 0.4) is 0 Å². The molecule has 0 radical (unpaired) electrons. The average Bonchev–Trinajstić information content (AvgIpc) is 2.65. The normalized spacial score (nSPS) is 11.1. The van der Waals surface area contributed by atoms with Crippen molar-refractivity contribution >= 4 is 11.9 Å². The average molecular weight is 238 g/mol. The molecule has 0 fully saturated rings. The zero-order valence-electron chi connectivity index (χ0n) is 10.6. The Morgan fingerprint density at radius 3 is 2.53 bits per heavy atom. The van der Waals surface area contributed by atoms with Crippen LogP contribution in [0.5, 0.6) is 0 Å². The molecule has 94 valence electrons. The predicted octanol–water partition coefficient (Wildman–Crippen LogP) is 0.698. The number of aromatic nitrogens is 2. The van der Waals surface area contributed by atoms with E-state index in [1.165, 1.54) is 22.0 Å². The lowest BCUT2D eigenvalue weighted by Gasteiger charge is -2.23. The van der Waals surface area contributed by atoms with E-state index in [9.17, 15) is 9.59 Å². The molecule has 1 aromatic rings. The minimum atomic E-state index is -0.296. The Morgan fingerprint density at radius 2 is 2.06 bits per heavy atom. The van der Waals surface area contributed by atoms with Gasteiger partial charge in [0.05, 0.1) is 0 Å². The molecule has 0 unspecified atom stereocenters. The lowest BCUT2D eigenvalue weighted by molar-refractivity contribution is -0.122. The van der Waals surface area contributed by atoms with Crippen molar-refractivity contribution in [3.05, 3.63) is 18.7 Å². The van der Waals surface area contributed by atoms with E-state index in [0.29, 0.717) is 0 Å². The van der Waals surface area contributed by atoms with E-state index in [4.69, 9.17) is 0 Å². The van der Waals surface area contributed by atoms with Crippen LogP contribution in [0.15, 0.2) is 18.7 Å². The molecule has 0 saturated carbocycles. The summed E-state index contributed by atoms with van der Waals surface area (Å²) < 4.78 is 1.32. The molecule has 0 bridgehead atoms. The second-order valence-electron chi connectivity index (χ2n) is 4.91. The highest BCUT2D eigenvalue weighted by atomic mass is 16.2. The third-order valence-electron chi connectivity index (χ3n) is 1.95. The Kier molecular flexibility index (Phi) is 3.88. The van der Waals surface area contributed by atoms with Crippen LogP contribution in [0.1, 0.15) is 20.8 Å². The predicted molar refractivity (Wildman–Crippen MR) is 63.5 cm³/mol. The van der Waals surface area contributed by atoms with Gasteiger partial charge in [-0.15, -0.1) is 0 Å². The van der Waals surface area contributed by atoms with Gasteiger partial charge < -0.3 is 10.2 Å². The number of carbonyl (C=O) groups excluding carboxylic acids is 2. The van der Waals surface area contributed by atoms with E-state index in [2.05, 4.69) is 10.3 Å². The van der Waals surface area contributed by atoms with Crippen LogP contribution in [0.2, 0.25) is 0 Å². The van der Waals surface area contributed by atoms with E-state index in [0.717, 1.165) is 0 Å². The van der Waals surface area contributed by atoms with E-state index >= 15 is 0 Å². The maximum absolute atomic E-state index is 11.8. The van der Waals surface area contributed by atoms with Crippen molar-refractivity contribution in [1.82, 2.24) is 19.8 Å². The maximum atomic E-state index is 11.8. The first-order chi connectivity index (χ1) is 7.79. The van der Waals surface area contributed by atoms with Crippen LogP contribution < -0.4 is 5.32 Å². The van der Waals surface area contributed by atoms with E-state index in [-0.39, 0.29) is 24.0 Å². The molecule has 6 nitrogen and oxygen atoms in total. The van der Waals surface area contributed by atoms with Gasteiger partial charge >= 0.3 is 6.03 Å². The third kappa shape index (κ3) is 4.26. The molecule has 0 atom stereocenters. The van der Waals surface area contributed by atoms with Crippen LogP contribution in [-0.2, 0) is 4.79 Å². The largest absolute Gasteiger partial charge is 0.350 e. The molecule has 0 aliphatic heterocycles. The van der Waals surface area contributed by atoms with Gasteiger partial charge in [-0.2, -0.15) is 0 Å². The smallest absolute Gasteiger partial charge is 0.329 e. The first-order valence-electron chi connectivity index (χ1n) is 5.34. The topological polar surface area (TPSA) is 67.2 Å². The number of hydrogen-bond donors (Lipinski definition) is 1.